The number of hydrogen-bond acceptors (Lipinski definition) is 8. The number of nitrogens with zero attached hydrogens (tertiary/aromatic N) is 2. The Labute approximate surface area is 144 Å². The molecule has 0 aliphatic carbocycles. The molecule has 0 aliphatic rings. The van der Waals surface area contributed by atoms with Gasteiger partial charge in [0, 0.05) is 23.6 Å². The number of hydrogen-bond donors (Lipinski definition) is 2. The van der Waals surface area contributed by atoms with Gasteiger partial charge in [-0.2, -0.15) is 0 Å². The molecule has 3 rings (SSSR count). The van der Waals surface area contributed by atoms with Gasteiger partial charge in [0.2, 0.25) is 21.8 Å². The predicted molar refractivity (Wildman–Crippen MR) is 93.1 cm³/mol. The van der Waals surface area contributed by atoms with E-state index in [2.05, 4.69) is 20.0 Å². The van der Waals surface area contributed by atoms with E-state index >= 15 is 0 Å². The van der Waals surface area contributed by atoms with Crippen LogP contribution in [0.25, 0.3) is 10.9 Å². The molecule has 0 saturated heterocycles. The second kappa shape index (κ2) is 6.48. The zero-order valence-corrected chi connectivity index (χ0v) is 14.5. The average molecular weight is 364 g/mol. The van der Waals surface area contributed by atoms with Crippen LogP contribution in [0.1, 0.15) is 0 Å². The number of ether oxygens (including phenoxy) is 2. The molecule has 0 atom stereocenters. The van der Waals surface area contributed by atoms with Crippen molar-refractivity contribution in [1.82, 2.24) is 9.97 Å². The lowest BCUT2D eigenvalue weighted by Gasteiger charge is -2.11. The summed E-state index contributed by atoms with van der Waals surface area (Å²) >= 11 is 0. The van der Waals surface area contributed by atoms with Gasteiger partial charge in [-0.25, -0.2) is 18.4 Å². The molecule has 0 bridgehead atoms. The number of anilines is 3. The minimum Gasteiger partial charge on any atom is -0.493 e. The van der Waals surface area contributed by atoms with Crippen LogP contribution in [0, 0.1) is 0 Å². The summed E-state index contributed by atoms with van der Waals surface area (Å²) in [5.74, 6) is 1.98. The fourth-order valence-corrected chi connectivity index (χ4v) is 2.72. The first kappa shape index (κ1) is 16.8. The molecule has 9 nitrogen and oxygen atoms in total. The SMILES string of the molecule is COc1cc2ncnc(Nc3ccc(NS(C)(=O)=O)o3)c2cc1OC. The van der Waals surface area contributed by atoms with Crippen LogP contribution in [0.2, 0.25) is 0 Å². The van der Waals surface area contributed by atoms with Crippen LogP contribution in [-0.2, 0) is 10.0 Å². The van der Waals surface area contributed by atoms with Crippen LogP contribution in [0.3, 0.4) is 0 Å². The third-order valence-corrected chi connectivity index (χ3v) is 3.85. The van der Waals surface area contributed by atoms with Crippen LogP contribution in [0.15, 0.2) is 35.0 Å². The van der Waals surface area contributed by atoms with E-state index in [0.717, 1.165) is 6.26 Å². The van der Waals surface area contributed by atoms with Crippen molar-refractivity contribution >= 4 is 38.5 Å². The Balaban J connectivity index is 1.96. The molecule has 0 amide bonds. The first-order chi connectivity index (χ1) is 11.9. The zero-order valence-electron chi connectivity index (χ0n) is 13.7. The van der Waals surface area contributed by atoms with Crippen molar-refractivity contribution < 1.29 is 22.3 Å². The van der Waals surface area contributed by atoms with E-state index in [9.17, 15) is 8.42 Å². The van der Waals surface area contributed by atoms with Crippen molar-refractivity contribution in [3.05, 3.63) is 30.6 Å². The molecular formula is C15H16N4O5S. The smallest absolute Gasteiger partial charge is 0.232 e. The van der Waals surface area contributed by atoms with E-state index in [0.29, 0.717) is 34.1 Å². The largest absolute Gasteiger partial charge is 0.493 e. The van der Waals surface area contributed by atoms with E-state index in [-0.39, 0.29) is 5.88 Å². The highest BCUT2D eigenvalue weighted by molar-refractivity contribution is 7.92. The number of methoxy groups -OCH3 is 2. The molecule has 0 fully saturated rings. The molecule has 132 valence electrons. The normalized spacial score (nSPS) is 11.3. The minimum absolute atomic E-state index is 0.0996. The van der Waals surface area contributed by atoms with Gasteiger partial charge in [-0.15, -0.1) is 0 Å². The van der Waals surface area contributed by atoms with Crippen LogP contribution in [0.5, 0.6) is 11.5 Å². The maximum atomic E-state index is 11.2. The maximum Gasteiger partial charge on any atom is 0.232 e. The Morgan fingerprint density at radius 2 is 1.72 bits per heavy atom. The van der Waals surface area contributed by atoms with Crippen LogP contribution in [-0.4, -0.2) is 38.9 Å². The molecule has 2 N–H and O–H groups in total. The number of benzene rings is 1. The van der Waals surface area contributed by atoms with E-state index in [1.54, 1.807) is 25.3 Å². The summed E-state index contributed by atoms with van der Waals surface area (Å²) < 4.78 is 40.7. The van der Waals surface area contributed by atoms with Gasteiger partial charge in [-0.05, 0) is 6.07 Å². The fraction of sp³-hybridized carbons (Fsp3) is 0.200. The summed E-state index contributed by atoms with van der Waals surface area (Å²) in [5, 5.41) is 3.68. The minimum atomic E-state index is -3.42. The van der Waals surface area contributed by atoms with Crippen LogP contribution < -0.4 is 19.5 Å². The maximum absolute atomic E-state index is 11.2. The highest BCUT2D eigenvalue weighted by atomic mass is 32.2. The van der Waals surface area contributed by atoms with Gasteiger partial charge in [0.25, 0.3) is 0 Å². The number of fused-ring (bicyclic) bond motifs is 1. The Morgan fingerprint density at radius 1 is 1.04 bits per heavy atom. The molecule has 0 unspecified atom stereocenters. The molecule has 2 aromatic heterocycles. The van der Waals surface area contributed by atoms with Crippen molar-refractivity contribution in [3.8, 4) is 11.5 Å². The van der Waals surface area contributed by atoms with E-state index in [1.807, 2.05) is 0 Å². The monoisotopic (exact) mass is 364 g/mol. The summed E-state index contributed by atoms with van der Waals surface area (Å²) in [7, 11) is -0.333. The Morgan fingerprint density at radius 3 is 2.40 bits per heavy atom. The lowest BCUT2D eigenvalue weighted by atomic mass is 10.2. The number of rotatable bonds is 6. The molecule has 25 heavy (non-hydrogen) atoms. The lowest BCUT2D eigenvalue weighted by molar-refractivity contribution is 0.356. The molecule has 3 aromatic rings. The first-order valence-electron chi connectivity index (χ1n) is 7.11. The molecule has 0 spiro atoms. The summed E-state index contributed by atoms with van der Waals surface area (Å²) in [4.78, 5) is 8.41. The molecule has 0 radical (unpaired) electrons. The predicted octanol–water partition coefficient (Wildman–Crippen LogP) is 2.36. The molecule has 2 heterocycles. The highest BCUT2D eigenvalue weighted by Crippen LogP contribution is 2.34. The Bertz CT molecular complexity index is 1020. The third-order valence-electron chi connectivity index (χ3n) is 3.27. The number of nitrogens with one attached hydrogen (secondary N) is 2. The van der Waals surface area contributed by atoms with Crippen LogP contribution in [0.4, 0.5) is 17.6 Å². The standard InChI is InChI=1S/C15H16N4O5S/c1-22-11-6-9-10(7-12(11)23-2)16-8-17-15(9)18-13-4-5-14(24-13)19-25(3,20)21/h4-8,19H,1-3H3,(H,16,17,18). The van der Waals surface area contributed by atoms with E-state index in [4.69, 9.17) is 13.9 Å². The van der Waals surface area contributed by atoms with Gasteiger partial charge in [-0.1, -0.05) is 0 Å². The zero-order chi connectivity index (χ0) is 18.0. The van der Waals surface area contributed by atoms with Crippen molar-refractivity contribution in [2.45, 2.75) is 0 Å². The summed E-state index contributed by atoms with van der Waals surface area (Å²) in [6.07, 6.45) is 2.44. The molecule has 0 aliphatic heterocycles. The molecule has 0 saturated carbocycles. The second-order valence-corrected chi connectivity index (χ2v) is 6.86. The average Bonchev–Trinajstić information content (AvgIpc) is 2.98. The molecule has 10 heteroatoms. The van der Waals surface area contributed by atoms with Crippen LogP contribution >= 0.6 is 0 Å². The summed E-state index contributed by atoms with van der Waals surface area (Å²) in [5.41, 5.74) is 0.649. The van der Waals surface area contributed by atoms with Crippen molar-refractivity contribution in [1.29, 1.82) is 0 Å². The number of aromatic nitrogens is 2. The highest BCUT2D eigenvalue weighted by Gasteiger charge is 2.13. The van der Waals surface area contributed by atoms with E-state index < -0.39 is 10.0 Å². The van der Waals surface area contributed by atoms with Gasteiger partial charge in [0.15, 0.2) is 11.5 Å². The Kier molecular flexibility index (Phi) is 4.36. The second-order valence-electron chi connectivity index (χ2n) is 5.11. The summed E-state index contributed by atoms with van der Waals surface area (Å²) in [6, 6.07) is 6.56. The molecular weight excluding hydrogens is 348 g/mol. The fourth-order valence-electron chi connectivity index (χ4n) is 2.24. The van der Waals surface area contributed by atoms with Crippen molar-refractivity contribution in [2.75, 3.05) is 30.5 Å². The number of sulfonamides is 1. The van der Waals surface area contributed by atoms with E-state index in [1.165, 1.54) is 19.5 Å². The van der Waals surface area contributed by atoms with Gasteiger partial charge in [0.1, 0.15) is 12.1 Å². The van der Waals surface area contributed by atoms with Gasteiger partial charge in [0.05, 0.1) is 26.0 Å². The summed E-state index contributed by atoms with van der Waals surface area (Å²) in [6.45, 7) is 0. The van der Waals surface area contributed by atoms with Crippen molar-refractivity contribution in [2.24, 2.45) is 0 Å². The van der Waals surface area contributed by atoms with Gasteiger partial charge < -0.3 is 19.2 Å². The lowest BCUT2D eigenvalue weighted by Crippen LogP contribution is -2.08. The quantitative estimate of drug-likeness (QED) is 0.685. The topological polar surface area (TPSA) is 116 Å². The third kappa shape index (κ3) is 3.74. The first-order valence-corrected chi connectivity index (χ1v) is 9.00. The van der Waals surface area contributed by atoms with Crippen molar-refractivity contribution in [3.63, 3.8) is 0 Å². The van der Waals surface area contributed by atoms with Gasteiger partial charge >= 0.3 is 0 Å². The molecule has 1 aromatic carbocycles. The van der Waals surface area contributed by atoms with Gasteiger partial charge in [-0.3, -0.25) is 4.72 Å². The number of furan rings is 1. The Hall–Kier alpha value is -3.01.